The molecule has 0 aromatic heterocycles. The number of carbonyl (C=O) groups is 1. The normalized spacial score (nSPS) is 19.6. The summed E-state index contributed by atoms with van der Waals surface area (Å²) in [6.07, 6.45) is 6.44. The van der Waals surface area contributed by atoms with Gasteiger partial charge in [-0.3, -0.25) is 4.79 Å². The minimum atomic E-state index is -0.495. The number of nitrogens with two attached hydrogens (primary N) is 1. The van der Waals surface area contributed by atoms with Crippen LogP contribution >= 0.6 is 0 Å². The van der Waals surface area contributed by atoms with E-state index < -0.39 is 6.04 Å². The molecule has 0 saturated carbocycles. The molecule has 0 aliphatic carbocycles. The van der Waals surface area contributed by atoms with Crippen molar-refractivity contribution in [2.24, 2.45) is 5.73 Å². The number of hydrogen-bond acceptors (Lipinski definition) is 4. The maximum atomic E-state index is 12.5. The average Bonchev–Trinajstić information content (AvgIpc) is 2.69. The Morgan fingerprint density at radius 3 is 2.85 bits per heavy atom. The van der Waals surface area contributed by atoms with Crippen LogP contribution in [0.1, 0.15) is 51.0 Å². The zero-order chi connectivity index (χ0) is 18.8. The summed E-state index contributed by atoms with van der Waals surface area (Å²) >= 11 is 0. The molecule has 142 valence electrons. The number of nitrogens with one attached hydrogen (secondary N) is 1. The van der Waals surface area contributed by atoms with Crippen LogP contribution in [0, 0.1) is 11.3 Å². The number of nitriles is 1. The number of nitrogens with zero attached hydrogens (tertiary/aromatic N) is 2. The largest absolute Gasteiger partial charge is 0.325 e. The second kappa shape index (κ2) is 10.9. The van der Waals surface area contributed by atoms with Gasteiger partial charge in [0.1, 0.15) is 6.04 Å². The topological polar surface area (TPSA) is 82.2 Å². The van der Waals surface area contributed by atoms with Gasteiger partial charge in [-0.2, -0.15) is 5.26 Å². The Kier molecular flexibility index (Phi) is 8.60. The van der Waals surface area contributed by atoms with Crippen LogP contribution in [0.3, 0.4) is 0 Å². The summed E-state index contributed by atoms with van der Waals surface area (Å²) in [7, 11) is 0. The van der Waals surface area contributed by atoms with Crippen molar-refractivity contribution in [1.29, 1.82) is 5.26 Å². The molecular weight excluding hydrogens is 324 g/mol. The van der Waals surface area contributed by atoms with E-state index in [1.807, 2.05) is 6.07 Å². The predicted octanol–water partition coefficient (Wildman–Crippen LogP) is 2.61. The summed E-state index contributed by atoms with van der Waals surface area (Å²) < 4.78 is 0. The van der Waals surface area contributed by atoms with Crippen molar-refractivity contribution in [3.05, 3.63) is 35.9 Å². The number of aryl methyl sites for hydroxylation is 1. The highest BCUT2D eigenvalue weighted by atomic mass is 16.2. The van der Waals surface area contributed by atoms with Gasteiger partial charge < -0.3 is 16.0 Å². The van der Waals surface area contributed by atoms with E-state index >= 15 is 0 Å². The number of amides is 1. The van der Waals surface area contributed by atoms with Gasteiger partial charge in [0.25, 0.3) is 0 Å². The molecule has 1 heterocycles. The van der Waals surface area contributed by atoms with E-state index in [4.69, 9.17) is 5.73 Å². The van der Waals surface area contributed by atoms with Gasteiger partial charge in [0.2, 0.25) is 5.91 Å². The fourth-order valence-corrected chi connectivity index (χ4v) is 3.47. The third-order valence-electron chi connectivity index (χ3n) is 5.15. The fourth-order valence-electron chi connectivity index (χ4n) is 3.47. The highest BCUT2D eigenvalue weighted by molar-refractivity contribution is 5.82. The number of piperidine rings is 1. The van der Waals surface area contributed by atoms with Crippen molar-refractivity contribution in [3.8, 4) is 6.07 Å². The molecule has 3 N–H and O–H groups in total. The molecule has 1 saturated heterocycles. The highest BCUT2D eigenvalue weighted by Crippen LogP contribution is 2.17. The van der Waals surface area contributed by atoms with E-state index in [0.717, 1.165) is 45.1 Å². The third kappa shape index (κ3) is 6.44. The molecule has 1 aromatic carbocycles. The summed E-state index contributed by atoms with van der Waals surface area (Å²) in [5.41, 5.74) is 7.45. The quantitative estimate of drug-likeness (QED) is 0.666. The van der Waals surface area contributed by atoms with Crippen LogP contribution in [0.4, 0.5) is 0 Å². The molecule has 3 atom stereocenters. The van der Waals surface area contributed by atoms with E-state index in [1.165, 1.54) is 5.56 Å². The van der Waals surface area contributed by atoms with Gasteiger partial charge in [0.15, 0.2) is 0 Å². The van der Waals surface area contributed by atoms with Crippen LogP contribution < -0.4 is 11.1 Å². The molecule has 26 heavy (non-hydrogen) atoms. The fraction of sp³-hybridized carbons (Fsp3) is 0.619. The Balaban J connectivity index is 1.62. The molecule has 1 aliphatic rings. The summed E-state index contributed by atoms with van der Waals surface area (Å²) in [5, 5.41) is 12.7. The van der Waals surface area contributed by atoms with Crippen LogP contribution in [-0.2, 0) is 11.2 Å². The van der Waals surface area contributed by atoms with E-state index in [0.29, 0.717) is 19.0 Å². The van der Waals surface area contributed by atoms with Crippen molar-refractivity contribution >= 4 is 5.91 Å². The highest BCUT2D eigenvalue weighted by Gasteiger charge is 2.29. The Hall–Kier alpha value is -1.90. The lowest BCUT2D eigenvalue weighted by molar-refractivity contribution is -0.135. The summed E-state index contributed by atoms with van der Waals surface area (Å²) in [6.45, 7) is 3.72. The van der Waals surface area contributed by atoms with Crippen LogP contribution in [-0.4, -0.2) is 42.0 Å². The van der Waals surface area contributed by atoms with Crippen molar-refractivity contribution in [2.45, 2.75) is 70.0 Å². The van der Waals surface area contributed by atoms with Gasteiger partial charge in [-0.1, -0.05) is 30.3 Å². The molecule has 5 heteroatoms. The summed E-state index contributed by atoms with van der Waals surface area (Å²) in [4.78, 5) is 14.2. The molecule has 1 amide bonds. The number of carbonyl (C=O) groups excluding carboxylic acids is 1. The molecule has 3 unspecified atom stereocenters. The molecule has 1 fully saturated rings. The molecule has 1 aliphatic heterocycles. The molecule has 0 radical (unpaired) electrons. The van der Waals surface area contributed by atoms with Gasteiger partial charge >= 0.3 is 0 Å². The Labute approximate surface area is 157 Å². The van der Waals surface area contributed by atoms with Crippen LogP contribution in [0.2, 0.25) is 0 Å². The Morgan fingerprint density at radius 1 is 1.35 bits per heavy atom. The molecule has 2 rings (SSSR count). The Morgan fingerprint density at radius 2 is 2.12 bits per heavy atom. The van der Waals surface area contributed by atoms with Gasteiger partial charge in [0.05, 0.1) is 12.1 Å². The van der Waals surface area contributed by atoms with Gasteiger partial charge in [0, 0.05) is 12.6 Å². The minimum absolute atomic E-state index is 0.0617. The summed E-state index contributed by atoms with van der Waals surface area (Å²) in [6, 6.07) is 12.4. The lowest BCUT2D eigenvalue weighted by Crippen LogP contribution is -2.50. The average molecular weight is 357 g/mol. The van der Waals surface area contributed by atoms with E-state index in [1.54, 1.807) is 4.90 Å². The van der Waals surface area contributed by atoms with E-state index in [-0.39, 0.29) is 11.9 Å². The van der Waals surface area contributed by atoms with Gasteiger partial charge in [-0.05, 0) is 64.0 Å². The first-order valence-electron chi connectivity index (χ1n) is 9.85. The molecule has 0 bridgehead atoms. The zero-order valence-electron chi connectivity index (χ0n) is 15.9. The first-order valence-corrected chi connectivity index (χ1v) is 9.85. The number of rotatable bonds is 9. The maximum Gasteiger partial charge on any atom is 0.240 e. The van der Waals surface area contributed by atoms with Crippen molar-refractivity contribution < 1.29 is 4.79 Å². The SMILES string of the molecule is CC(CCc1ccccc1)NCCCC(N)C(=O)N1CCCCC1C#N. The second-order valence-electron chi connectivity index (χ2n) is 7.30. The van der Waals surface area contributed by atoms with E-state index in [9.17, 15) is 10.1 Å². The number of likely N-dealkylation sites (tertiary alicyclic amines) is 1. The predicted molar refractivity (Wildman–Crippen MR) is 104 cm³/mol. The minimum Gasteiger partial charge on any atom is -0.325 e. The first-order chi connectivity index (χ1) is 12.6. The number of benzene rings is 1. The standard InChI is InChI=1S/C21H32N4O/c1-17(12-13-18-8-3-2-4-9-18)24-14-7-11-20(23)21(26)25-15-6-5-10-19(25)16-22/h2-4,8-9,17,19-20,24H,5-7,10-15,23H2,1H3. The monoisotopic (exact) mass is 356 g/mol. The van der Waals surface area contributed by atoms with Crippen molar-refractivity contribution in [2.75, 3.05) is 13.1 Å². The lowest BCUT2D eigenvalue weighted by atomic mass is 10.0. The van der Waals surface area contributed by atoms with Gasteiger partial charge in [-0.15, -0.1) is 0 Å². The molecule has 1 aromatic rings. The molecule has 5 nitrogen and oxygen atoms in total. The second-order valence-corrected chi connectivity index (χ2v) is 7.30. The van der Waals surface area contributed by atoms with Crippen LogP contribution in [0.25, 0.3) is 0 Å². The third-order valence-corrected chi connectivity index (χ3v) is 5.15. The Bertz CT molecular complexity index is 583. The zero-order valence-corrected chi connectivity index (χ0v) is 15.9. The van der Waals surface area contributed by atoms with Crippen molar-refractivity contribution in [3.63, 3.8) is 0 Å². The van der Waals surface area contributed by atoms with E-state index in [2.05, 4.69) is 42.6 Å². The van der Waals surface area contributed by atoms with Crippen molar-refractivity contribution in [1.82, 2.24) is 10.2 Å². The van der Waals surface area contributed by atoms with Crippen LogP contribution in [0.5, 0.6) is 0 Å². The molecular formula is C21H32N4O. The maximum absolute atomic E-state index is 12.5. The number of hydrogen-bond donors (Lipinski definition) is 2. The van der Waals surface area contributed by atoms with Crippen LogP contribution in [0.15, 0.2) is 30.3 Å². The molecule has 0 spiro atoms. The van der Waals surface area contributed by atoms with Gasteiger partial charge in [-0.25, -0.2) is 0 Å². The first kappa shape index (κ1) is 20.4. The lowest BCUT2D eigenvalue weighted by Gasteiger charge is -2.33. The smallest absolute Gasteiger partial charge is 0.240 e. The summed E-state index contributed by atoms with van der Waals surface area (Å²) in [5.74, 6) is -0.0617.